The molecule has 0 unspecified atom stereocenters. The van der Waals surface area contributed by atoms with Crippen molar-refractivity contribution >= 4 is 46.6 Å². The SMILES string of the molecule is O=C(COC(=O)c1nc(Cl)ccc1Cl)Cc1ccc(Cl)cn1. The molecule has 0 radical (unpaired) electrons. The van der Waals surface area contributed by atoms with Crippen LogP contribution in [0.15, 0.2) is 30.5 Å². The Morgan fingerprint density at radius 3 is 2.55 bits per heavy atom. The van der Waals surface area contributed by atoms with Gasteiger partial charge in [-0.1, -0.05) is 34.8 Å². The molecule has 0 fully saturated rings. The minimum absolute atomic E-state index is 0.0289. The third-order valence-corrected chi connectivity index (χ3v) is 3.28. The fraction of sp³-hybridized carbons (Fsp3) is 0.143. The topological polar surface area (TPSA) is 69.2 Å². The van der Waals surface area contributed by atoms with Gasteiger partial charge in [-0.15, -0.1) is 0 Å². The van der Waals surface area contributed by atoms with Gasteiger partial charge in [0, 0.05) is 11.9 Å². The Bertz CT molecular complexity index is 705. The number of ketones is 1. The van der Waals surface area contributed by atoms with E-state index in [0.717, 1.165) is 0 Å². The lowest BCUT2D eigenvalue weighted by molar-refractivity contribution is -0.121. The zero-order valence-electron chi connectivity index (χ0n) is 11.1. The summed E-state index contributed by atoms with van der Waals surface area (Å²) in [5, 5.41) is 0.679. The average molecular weight is 360 g/mol. The summed E-state index contributed by atoms with van der Waals surface area (Å²) in [4.78, 5) is 31.3. The van der Waals surface area contributed by atoms with E-state index in [2.05, 4.69) is 9.97 Å². The van der Waals surface area contributed by atoms with E-state index in [0.29, 0.717) is 10.7 Å². The maximum Gasteiger partial charge on any atom is 0.358 e. The van der Waals surface area contributed by atoms with Gasteiger partial charge in [-0.25, -0.2) is 9.78 Å². The van der Waals surface area contributed by atoms with Crippen LogP contribution in [0.5, 0.6) is 0 Å². The normalized spacial score (nSPS) is 10.3. The summed E-state index contributed by atoms with van der Waals surface area (Å²) in [5.74, 6) is -1.13. The number of ether oxygens (including phenoxy) is 1. The molecule has 0 atom stereocenters. The van der Waals surface area contributed by atoms with Gasteiger partial charge >= 0.3 is 5.97 Å². The van der Waals surface area contributed by atoms with Gasteiger partial charge in [-0.05, 0) is 24.3 Å². The number of rotatable bonds is 5. The molecule has 0 saturated heterocycles. The van der Waals surface area contributed by atoms with Crippen molar-refractivity contribution < 1.29 is 14.3 Å². The third kappa shape index (κ3) is 4.66. The van der Waals surface area contributed by atoms with E-state index in [9.17, 15) is 9.59 Å². The van der Waals surface area contributed by atoms with E-state index in [1.165, 1.54) is 18.3 Å². The monoisotopic (exact) mass is 358 g/mol. The molecule has 0 spiro atoms. The molecule has 0 saturated carbocycles. The molecule has 2 aromatic heterocycles. The van der Waals surface area contributed by atoms with Crippen LogP contribution in [0.3, 0.4) is 0 Å². The van der Waals surface area contributed by atoms with Crippen LogP contribution in [0.2, 0.25) is 15.2 Å². The van der Waals surface area contributed by atoms with Gasteiger partial charge in [-0.3, -0.25) is 9.78 Å². The molecule has 0 bridgehead atoms. The molecule has 5 nitrogen and oxygen atoms in total. The van der Waals surface area contributed by atoms with Crippen LogP contribution in [0.25, 0.3) is 0 Å². The number of esters is 1. The van der Waals surface area contributed by atoms with Gasteiger partial charge in [-0.2, -0.15) is 0 Å². The summed E-state index contributed by atoms with van der Waals surface area (Å²) in [6, 6.07) is 6.11. The second-order valence-corrected chi connectivity index (χ2v) is 5.45. The number of hydrogen-bond donors (Lipinski definition) is 0. The Morgan fingerprint density at radius 2 is 1.86 bits per heavy atom. The summed E-state index contributed by atoms with van der Waals surface area (Å²) in [7, 11) is 0. The lowest BCUT2D eigenvalue weighted by Gasteiger charge is -2.05. The average Bonchev–Trinajstić information content (AvgIpc) is 2.49. The van der Waals surface area contributed by atoms with Crippen LogP contribution >= 0.6 is 34.8 Å². The van der Waals surface area contributed by atoms with E-state index in [-0.39, 0.29) is 28.1 Å². The van der Waals surface area contributed by atoms with Crippen molar-refractivity contribution in [2.24, 2.45) is 0 Å². The Kier molecular flexibility index (Phi) is 5.71. The van der Waals surface area contributed by atoms with Crippen LogP contribution in [0.4, 0.5) is 0 Å². The van der Waals surface area contributed by atoms with Gasteiger partial charge in [0.25, 0.3) is 0 Å². The number of aromatic nitrogens is 2. The van der Waals surface area contributed by atoms with E-state index < -0.39 is 12.6 Å². The first-order valence-corrected chi connectivity index (χ1v) is 7.20. The van der Waals surface area contributed by atoms with Crippen molar-refractivity contribution in [3.8, 4) is 0 Å². The number of pyridine rings is 2. The number of Topliss-reactive ketones (excluding diaryl/α,β-unsaturated/α-hetero) is 1. The fourth-order valence-electron chi connectivity index (χ4n) is 1.54. The van der Waals surface area contributed by atoms with Gasteiger partial charge in [0.15, 0.2) is 18.1 Å². The highest BCUT2D eigenvalue weighted by Gasteiger charge is 2.16. The molecule has 0 amide bonds. The zero-order chi connectivity index (χ0) is 16.1. The molecule has 0 aromatic carbocycles. The quantitative estimate of drug-likeness (QED) is 0.604. The van der Waals surface area contributed by atoms with Crippen LogP contribution in [0.1, 0.15) is 16.2 Å². The van der Waals surface area contributed by atoms with Crippen LogP contribution in [-0.4, -0.2) is 28.3 Å². The summed E-state index contributed by atoms with van der Waals surface area (Å²) >= 11 is 17.2. The van der Waals surface area contributed by atoms with Crippen molar-refractivity contribution in [1.29, 1.82) is 0 Å². The van der Waals surface area contributed by atoms with Crippen molar-refractivity contribution in [2.75, 3.05) is 6.61 Å². The number of carbonyl (C=O) groups is 2. The smallest absolute Gasteiger partial charge is 0.358 e. The molecular weight excluding hydrogens is 351 g/mol. The molecule has 2 heterocycles. The highest BCUT2D eigenvalue weighted by atomic mass is 35.5. The van der Waals surface area contributed by atoms with Crippen molar-refractivity contribution in [1.82, 2.24) is 9.97 Å². The standard InChI is InChI=1S/C14H9Cl3N2O3/c15-8-1-2-9(18-6-8)5-10(20)7-22-14(21)13-11(16)3-4-12(17)19-13/h1-4,6H,5,7H2. The summed E-state index contributed by atoms with van der Waals surface area (Å²) in [6.07, 6.45) is 1.47. The summed E-state index contributed by atoms with van der Waals surface area (Å²) in [5.41, 5.74) is 0.399. The van der Waals surface area contributed by atoms with Crippen molar-refractivity contribution in [3.63, 3.8) is 0 Å². The number of nitrogens with zero attached hydrogens (tertiary/aromatic N) is 2. The van der Waals surface area contributed by atoms with Gasteiger partial charge in [0.05, 0.1) is 16.5 Å². The van der Waals surface area contributed by atoms with Gasteiger partial charge < -0.3 is 4.74 Å². The maximum atomic E-state index is 11.8. The van der Waals surface area contributed by atoms with Gasteiger partial charge in [0.1, 0.15) is 5.15 Å². The first-order valence-electron chi connectivity index (χ1n) is 6.07. The van der Waals surface area contributed by atoms with Crippen molar-refractivity contribution in [2.45, 2.75) is 6.42 Å². The third-order valence-electron chi connectivity index (χ3n) is 2.54. The molecule has 0 aliphatic carbocycles. The first kappa shape index (κ1) is 16.7. The highest BCUT2D eigenvalue weighted by molar-refractivity contribution is 6.34. The Morgan fingerprint density at radius 1 is 1.09 bits per heavy atom. The Hall–Kier alpha value is -1.69. The minimum Gasteiger partial charge on any atom is -0.453 e. The van der Waals surface area contributed by atoms with Gasteiger partial charge in [0.2, 0.25) is 0 Å². The largest absolute Gasteiger partial charge is 0.453 e. The zero-order valence-corrected chi connectivity index (χ0v) is 13.3. The molecule has 22 heavy (non-hydrogen) atoms. The number of hydrogen-bond acceptors (Lipinski definition) is 5. The second kappa shape index (κ2) is 7.54. The summed E-state index contributed by atoms with van der Waals surface area (Å²) < 4.78 is 4.87. The van der Waals surface area contributed by atoms with Crippen LogP contribution in [-0.2, 0) is 16.0 Å². The fourth-order valence-corrected chi connectivity index (χ4v) is 1.98. The predicted octanol–water partition coefficient (Wildman–Crippen LogP) is 3.41. The number of carbonyl (C=O) groups excluding carboxylic acids is 2. The van der Waals surface area contributed by atoms with E-state index >= 15 is 0 Å². The molecule has 0 aliphatic heterocycles. The first-order chi connectivity index (χ1) is 10.5. The molecule has 0 N–H and O–H groups in total. The Labute approximate surface area is 141 Å². The molecule has 8 heteroatoms. The van der Waals surface area contributed by atoms with E-state index in [1.54, 1.807) is 12.1 Å². The van der Waals surface area contributed by atoms with Crippen LogP contribution in [0, 0.1) is 0 Å². The molecule has 0 aliphatic rings. The van der Waals surface area contributed by atoms with Crippen LogP contribution < -0.4 is 0 Å². The number of halogens is 3. The minimum atomic E-state index is -0.815. The molecular formula is C14H9Cl3N2O3. The lowest BCUT2D eigenvalue weighted by atomic mass is 10.2. The molecule has 114 valence electrons. The highest BCUT2D eigenvalue weighted by Crippen LogP contribution is 2.17. The lowest BCUT2D eigenvalue weighted by Crippen LogP contribution is -2.17. The Balaban J connectivity index is 1.91. The predicted molar refractivity (Wildman–Crippen MR) is 82.5 cm³/mol. The maximum absolute atomic E-state index is 11.8. The molecule has 2 aromatic rings. The summed E-state index contributed by atoms with van der Waals surface area (Å²) in [6.45, 7) is -0.409. The second-order valence-electron chi connectivity index (χ2n) is 4.22. The molecule has 2 rings (SSSR count). The van der Waals surface area contributed by atoms with E-state index in [1.807, 2.05) is 0 Å². The van der Waals surface area contributed by atoms with E-state index in [4.69, 9.17) is 39.5 Å². The van der Waals surface area contributed by atoms with Crippen molar-refractivity contribution in [3.05, 3.63) is 57.0 Å².